The summed E-state index contributed by atoms with van der Waals surface area (Å²) in [5.74, 6) is -3.86. The van der Waals surface area contributed by atoms with Gasteiger partial charge in [-0.25, -0.2) is 18.6 Å². The normalized spacial score (nSPS) is 10.5. The molecule has 0 saturated carbocycles. The van der Waals surface area contributed by atoms with Gasteiger partial charge in [0, 0.05) is 0 Å². The Morgan fingerprint density at radius 3 is 2.67 bits per heavy atom. The fourth-order valence-corrected chi connectivity index (χ4v) is 0.901. The third-order valence-corrected chi connectivity index (χ3v) is 1.61. The molecule has 0 radical (unpaired) electrons. The van der Waals surface area contributed by atoms with Gasteiger partial charge in [-0.1, -0.05) is 0 Å². The van der Waals surface area contributed by atoms with Crippen molar-refractivity contribution in [1.29, 1.82) is 0 Å². The maximum absolute atomic E-state index is 12.8. The van der Waals surface area contributed by atoms with E-state index in [1.54, 1.807) is 0 Å². The van der Waals surface area contributed by atoms with Crippen molar-refractivity contribution in [1.82, 2.24) is 4.98 Å². The molecule has 0 bridgehead atoms. The molecule has 0 amide bonds. The van der Waals surface area contributed by atoms with Gasteiger partial charge in [0.05, 0.1) is 12.7 Å². The molecule has 4 nitrogen and oxygen atoms in total. The minimum atomic E-state index is -3.11. The van der Waals surface area contributed by atoms with Gasteiger partial charge in [-0.15, -0.1) is 0 Å². The molecule has 0 saturated heterocycles. The lowest BCUT2D eigenvalue weighted by Crippen LogP contribution is -2.07. The van der Waals surface area contributed by atoms with Crippen molar-refractivity contribution in [2.45, 2.75) is 6.43 Å². The first-order valence-electron chi connectivity index (χ1n) is 3.73. The molecule has 0 atom stereocenters. The number of ether oxygens (including phenoxy) is 1. The summed E-state index contributed by atoms with van der Waals surface area (Å²) in [5, 5.41) is 8.88. The van der Waals surface area contributed by atoms with Crippen LogP contribution in [0.3, 0.4) is 0 Å². The van der Waals surface area contributed by atoms with Crippen LogP contribution in [0.1, 0.15) is 22.5 Å². The number of hydrogen-bond donors (Lipinski definition) is 1. The van der Waals surface area contributed by atoms with Crippen molar-refractivity contribution in [3.05, 3.63) is 23.3 Å². The smallest absolute Gasteiger partial charge is 0.356 e. The average Bonchev–Trinajstić information content (AvgIpc) is 2.20. The first-order chi connectivity index (χ1) is 6.97. The molecule has 0 aliphatic carbocycles. The van der Waals surface area contributed by atoms with Crippen LogP contribution in [0.15, 0.2) is 6.07 Å². The minimum Gasteiger partial charge on any atom is -0.503 e. The number of esters is 1. The van der Waals surface area contributed by atoms with Gasteiger partial charge in [0.25, 0.3) is 12.4 Å². The molecule has 82 valence electrons. The number of aromatic hydroxyl groups is 1. The van der Waals surface area contributed by atoms with Crippen molar-refractivity contribution < 1.29 is 27.8 Å². The fraction of sp³-hybridized carbons (Fsp3) is 0.250. The van der Waals surface area contributed by atoms with Crippen molar-refractivity contribution >= 4 is 5.97 Å². The summed E-state index contributed by atoms with van der Waals surface area (Å²) >= 11 is 0. The molecular weight excluding hydrogens is 215 g/mol. The van der Waals surface area contributed by atoms with E-state index < -0.39 is 35.3 Å². The molecule has 1 aromatic rings. The van der Waals surface area contributed by atoms with Crippen LogP contribution in [0.2, 0.25) is 0 Å². The highest BCUT2D eigenvalue weighted by Gasteiger charge is 2.21. The van der Waals surface area contributed by atoms with Gasteiger partial charge >= 0.3 is 5.97 Å². The first-order valence-corrected chi connectivity index (χ1v) is 3.73. The molecule has 0 spiro atoms. The second-order valence-electron chi connectivity index (χ2n) is 2.53. The average molecular weight is 221 g/mol. The predicted molar refractivity (Wildman–Crippen MR) is 42.2 cm³/mol. The van der Waals surface area contributed by atoms with Crippen molar-refractivity contribution in [2.24, 2.45) is 0 Å². The molecule has 0 aliphatic rings. The molecule has 0 aromatic carbocycles. The van der Waals surface area contributed by atoms with E-state index in [-0.39, 0.29) is 0 Å². The number of hydrogen-bond acceptors (Lipinski definition) is 4. The number of carbonyl (C=O) groups is 1. The number of alkyl halides is 2. The van der Waals surface area contributed by atoms with Crippen LogP contribution < -0.4 is 0 Å². The number of pyridine rings is 1. The maximum atomic E-state index is 12.8. The van der Waals surface area contributed by atoms with Crippen molar-refractivity contribution in [3.8, 4) is 5.75 Å². The molecule has 0 unspecified atom stereocenters. The monoisotopic (exact) mass is 221 g/mol. The molecule has 0 fully saturated rings. The highest BCUT2D eigenvalue weighted by atomic mass is 19.3. The summed E-state index contributed by atoms with van der Waals surface area (Å²) < 4.78 is 41.5. The lowest BCUT2D eigenvalue weighted by Gasteiger charge is -2.05. The Labute approximate surface area is 82.3 Å². The molecule has 0 aliphatic heterocycles. The number of methoxy groups -OCH3 is 1. The number of halogens is 3. The van der Waals surface area contributed by atoms with Crippen molar-refractivity contribution in [2.75, 3.05) is 7.11 Å². The summed E-state index contributed by atoms with van der Waals surface area (Å²) in [6.07, 6.45) is -3.11. The molecule has 1 rings (SSSR count). The predicted octanol–water partition coefficient (Wildman–Crippen LogP) is 1.65. The molecular formula is C8H6F3NO3. The van der Waals surface area contributed by atoms with E-state index in [2.05, 4.69) is 9.72 Å². The van der Waals surface area contributed by atoms with Gasteiger partial charge in [-0.2, -0.15) is 4.39 Å². The third-order valence-electron chi connectivity index (χ3n) is 1.61. The fourth-order valence-electron chi connectivity index (χ4n) is 0.901. The van der Waals surface area contributed by atoms with Gasteiger partial charge < -0.3 is 9.84 Å². The Balaban J connectivity index is 3.29. The van der Waals surface area contributed by atoms with Crippen LogP contribution >= 0.6 is 0 Å². The largest absolute Gasteiger partial charge is 0.503 e. The van der Waals surface area contributed by atoms with E-state index in [1.165, 1.54) is 0 Å². The molecule has 1 aromatic heterocycles. The number of aromatic nitrogens is 1. The van der Waals surface area contributed by atoms with E-state index in [9.17, 15) is 18.0 Å². The Bertz CT molecular complexity index is 395. The highest BCUT2D eigenvalue weighted by molar-refractivity contribution is 5.87. The molecule has 15 heavy (non-hydrogen) atoms. The zero-order chi connectivity index (χ0) is 11.6. The highest BCUT2D eigenvalue weighted by Crippen LogP contribution is 2.30. The molecule has 1 heterocycles. The number of nitrogens with zero attached hydrogens (tertiary/aromatic N) is 1. The minimum absolute atomic E-state index is 0.578. The van der Waals surface area contributed by atoms with Crippen molar-refractivity contribution in [3.63, 3.8) is 0 Å². The SMILES string of the molecule is COC(=O)c1cc(C(F)F)c(O)c(F)n1. The number of carbonyl (C=O) groups excluding carboxylic acids is 1. The first kappa shape index (κ1) is 11.3. The zero-order valence-corrected chi connectivity index (χ0v) is 7.50. The van der Waals surface area contributed by atoms with Gasteiger partial charge in [0.2, 0.25) is 0 Å². The Morgan fingerprint density at radius 1 is 1.60 bits per heavy atom. The van der Waals surface area contributed by atoms with E-state index in [0.717, 1.165) is 7.11 Å². The van der Waals surface area contributed by atoms with E-state index in [0.29, 0.717) is 6.07 Å². The molecule has 7 heteroatoms. The second-order valence-corrected chi connectivity index (χ2v) is 2.53. The summed E-state index contributed by atoms with van der Waals surface area (Å²) in [4.78, 5) is 13.8. The zero-order valence-electron chi connectivity index (χ0n) is 7.50. The van der Waals surface area contributed by atoms with Gasteiger partial charge in [0.1, 0.15) is 0 Å². The van der Waals surface area contributed by atoms with Crippen LogP contribution in [0.25, 0.3) is 0 Å². The lowest BCUT2D eigenvalue weighted by atomic mass is 10.2. The second kappa shape index (κ2) is 4.16. The standard InChI is InChI=1S/C8H6F3NO3/c1-15-8(14)4-2-3(6(9)10)5(13)7(11)12-4/h2,6,13H,1H3. The van der Waals surface area contributed by atoms with E-state index in [4.69, 9.17) is 5.11 Å². The Hall–Kier alpha value is -1.79. The van der Waals surface area contributed by atoms with Crippen LogP contribution in [0, 0.1) is 5.95 Å². The quantitative estimate of drug-likeness (QED) is 0.609. The summed E-state index contributed by atoms with van der Waals surface area (Å²) in [6, 6.07) is 0.578. The van der Waals surface area contributed by atoms with Gasteiger partial charge in [-0.05, 0) is 6.07 Å². The molecule has 1 N–H and O–H groups in total. The van der Waals surface area contributed by atoms with Gasteiger partial charge in [-0.3, -0.25) is 0 Å². The topological polar surface area (TPSA) is 59.4 Å². The summed E-state index contributed by atoms with van der Waals surface area (Å²) in [5.41, 5.74) is -1.62. The number of rotatable bonds is 2. The maximum Gasteiger partial charge on any atom is 0.356 e. The summed E-state index contributed by atoms with van der Waals surface area (Å²) in [6.45, 7) is 0. The lowest BCUT2D eigenvalue weighted by molar-refractivity contribution is 0.0591. The third kappa shape index (κ3) is 2.17. The van der Waals surface area contributed by atoms with Gasteiger partial charge in [0.15, 0.2) is 11.4 Å². The van der Waals surface area contributed by atoms with Crippen LogP contribution in [-0.2, 0) is 4.74 Å². The Morgan fingerprint density at radius 2 is 2.20 bits per heavy atom. The van der Waals surface area contributed by atoms with E-state index in [1.807, 2.05) is 0 Å². The van der Waals surface area contributed by atoms with Crippen LogP contribution in [0.4, 0.5) is 13.2 Å². The summed E-state index contributed by atoms with van der Waals surface area (Å²) in [7, 11) is 0.997. The Kier molecular flexibility index (Phi) is 3.13. The van der Waals surface area contributed by atoms with Crippen LogP contribution in [0.5, 0.6) is 5.75 Å². The van der Waals surface area contributed by atoms with Crippen LogP contribution in [-0.4, -0.2) is 23.2 Å². The van der Waals surface area contributed by atoms with E-state index >= 15 is 0 Å².